The second-order valence-electron chi connectivity index (χ2n) is 6.23. The first kappa shape index (κ1) is 20.2. The third-order valence-electron chi connectivity index (χ3n) is 4.40. The van der Waals surface area contributed by atoms with E-state index in [0.717, 1.165) is 11.1 Å². The predicted molar refractivity (Wildman–Crippen MR) is 102 cm³/mol. The molecule has 0 aliphatic heterocycles. The average molecular weight is 365 g/mol. The molecule has 5 nitrogen and oxygen atoms in total. The standard InChI is InChI=1S/C22H23NO4/c1-4-27-22(25)20(14-23)19(16-9-11-18(26-3)12-10-16)13-21(24)17-7-5-15(2)6-8-17/h5-12,19-20H,4,13H2,1-3H3. The number of methoxy groups -OCH3 is 1. The lowest BCUT2D eigenvalue weighted by atomic mass is 9.82. The minimum Gasteiger partial charge on any atom is -0.497 e. The van der Waals surface area contributed by atoms with Crippen molar-refractivity contribution < 1.29 is 19.1 Å². The maximum atomic E-state index is 12.8. The van der Waals surface area contributed by atoms with Crippen molar-refractivity contribution in [3.8, 4) is 11.8 Å². The Morgan fingerprint density at radius 3 is 2.22 bits per heavy atom. The number of carbonyl (C=O) groups excluding carboxylic acids is 2. The van der Waals surface area contributed by atoms with Crippen molar-refractivity contribution in [3.05, 3.63) is 65.2 Å². The summed E-state index contributed by atoms with van der Waals surface area (Å²) in [5.41, 5.74) is 2.33. The Morgan fingerprint density at radius 2 is 1.70 bits per heavy atom. The molecule has 0 saturated carbocycles. The Labute approximate surface area is 159 Å². The summed E-state index contributed by atoms with van der Waals surface area (Å²) in [5.74, 6) is -1.74. The summed E-state index contributed by atoms with van der Waals surface area (Å²) in [4.78, 5) is 25.1. The fourth-order valence-corrected chi connectivity index (χ4v) is 2.88. The molecule has 2 rings (SSSR count). The van der Waals surface area contributed by atoms with Crippen LogP contribution >= 0.6 is 0 Å². The second kappa shape index (κ2) is 9.54. The van der Waals surface area contributed by atoms with Crippen LogP contribution in [-0.2, 0) is 9.53 Å². The van der Waals surface area contributed by atoms with E-state index >= 15 is 0 Å². The van der Waals surface area contributed by atoms with Crippen LogP contribution in [0.5, 0.6) is 5.75 Å². The first-order valence-corrected chi connectivity index (χ1v) is 8.80. The molecule has 0 fully saturated rings. The zero-order chi connectivity index (χ0) is 19.8. The van der Waals surface area contributed by atoms with Crippen molar-refractivity contribution in [2.24, 2.45) is 5.92 Å². The number of Topliss-reactive ketones (excluding diaryl/α,β-unsaturated/α-hetero) is 1. The van der Waals surface area contributed by atoms with Gasteiger partial charge in [0, 0.05) is 17.9 Å². The number of hydrogen-bond acceptors (Lipinski definition) is 5. The monoisotopic (exact) mass is 365 g/mol. The molecule has 0 saturated heterocycles. The molecule has 5 heteroatoms. The number of aryl methyl sites for hydroxylation is 1. The molecular formula is C22H23NO4. The van der Waals surface area contributed by atoms with Gasteiger partial charge in [-0.05, 0) is 31.5 Å². The van der Waals surface area contributed by atoms with Crippen LogP contribution in [0.15, 0.2) is 48.5 Å². The van der Waals surface area contributed by atoms with E-state index < -0.39 is 17.8 Å². The number of nitriles is 1. The van der Waals surface area contributed by atoms with Crippen LogP contribution in [0.2, 0.25) is 0 Å². The van der Waals surface area contributed by atoms with Crippen LogP contribution in [0, 0.1) is 24.2 Å². The number of benzene rings is 2. The van der Waals surface area contributed by atoms with Crippen molar-refractivity contribution in [3.63, 3.8) is 0 Å². The molecule has 0 aliphatic rings. The van der Waals surface area contributed by atoms with Gasteiger partial charge in [-0.2, -0.15) is 5.26 Å². The maximum Gasteiger partial charge on any atom is 0.323 e. The van der Waals surface area contributed by atoms with Gasteiger partial charge in [-0.15, -0.1) is 0 Å². The van der Waals surface area contributed by atoms with Gasteiger partial charge in [0.15, 0.2) is 11.7 Å². The predicted octanol–water partition coefficient (Wildman–Crippen LogP) is 4.06. The Balaban J connectivity index is 2.35. The summed E-state index contributed by atoms with van der Waals surface area (Å²) in [6, 6.07) is 16.3. The van der Waals surface area contributed by atoms with Crippen molar-refractivity contribution in [2.45, 2.75) is 26.2 Å². The highest BCUT2D eigenvalue weighted by Crippen LogP contribution is 2.32. The topological polar surface area (TPSA) is 76.4 Å². The molecule has 0 heterocycles. The van der Waals surface area contributed by atoms with Crippen molar-refractivity contribution in [2.75, 3.05) is 13.7 Å². The fourth-order valence-electron chi connectivity index (χ4n) is 2.88. The quantitative estimate of drug-likeness (QED) is 0.521. The van der Waals surface area contributed by atoms with Gasteiger partial charge in [-0.25, -0.2) is 0 Å². The molecule has 0 radical (unpaired) electrons. The van der Waals surface area contributed by atoms with Crippen LogP contribution in [0.3, 0.4) is 0 Å². The molecule has 27 heavy (non-hydrogen) atoms. The zero-order valence-corrected chi connectivity index (χ0v) is 15.8. The lowest BCUT2D eigenvalue weighted by Gasteiger charge is -2.21. The van der Waals surface area contributed by atoms with Gasteiger partial charge >= 0.3 is 5.97 Å². The molecule has 2 aromatic carbocycles. The van der Waals surface area contributed by atoms with Crippen molar-refractivity contribution in [1.82, 2.24) is 0 Å². The number of ketones is 1. The number of esters is 1. The fraction of sp³-hybridized carbons (Fsp3) is 0.318. The van der Waals surface area contributed by atoms with Gasteiger partial charge in [0.05, 0.1) is 19.8 Å². The molecule has 0 aromatic heterocycles. The van der Waals surface area contributed by atoms with Crippen LogP contribution in [0.25, 0.3) is 0 Å². The number of hydrogen-bond donors (Lipinski definition) is 0. The number of rotatable bonds is 8. The Bertz CT molecular complexity index is 819. The van der Waals surface area contributed by atoms with Gasteiger partial charge < -0.3 is 9.47 Å². The first-order chi connectivity index (χ1) is 13.0. The summed E-state index contributed by atoms with van der Waals surface area (Å²) < 4.78 is 10.2. The van der Waals surface area contributed by atoms with E-state index in [2.05, 4.69) is 0 Å². The summed E-state index contributed by atoms with van der Waals surface area (Å²) in [7, 11) is 1.56. The van der Waals surface area contributed by atoms with E-state index in [9.17, 15) is 14.9 Å². The molecule has 0 bridgehead atoms. The second-order valence-corrected chi connectivity index (χ2v) is 6.23. The van der Waals surface area contributed by atoms with E-state index in [-0.39, 0.29) is 18.8 Å². The van der Waals surface area contributed by atoms with Gasteiger partial charge in [0.25, 0.3) is 0 Å². The van der Waals surface area contributed by atoms with Gasteiger partial charge in [0.1, 0.15) is 5.75 Å². The lowest BCUT2D eigenvalue weighted by Crippen LogP contribution is -2.25. The highest BCUT2D eigenvalue weighted by atomic mass is 16.5. The Hall–Kier alpha value is -3.13. The van der Waals surface area contributed by atoms with Crippen LogP contribution in [0.1, 0.15) is 40.7 Å². The summed E-state index contributed by atoms with van der Waals surface area (Å²) in [6.07, 6.45) is 0.0342. The van der Waals surface area contributed by atoms with E-state index in [1.807, 2.05) is 25.1 Å². The lowest BCUT2D eigenvalue weighted by molar-refractivity contribution is -0.146. The number of nitrogens with zero attached hydrogens (tertiary/aromatic N) is 1. The van der Waals surface area contributed by atoms with Crippen LogP contribution < -0.4 is 4.74 Å². The van der Waals surface area contributed by atoms with E-state index in [4.69, 9.17) is 9.47 Å². The molecule has 2 atom stereocenters. The van der Waals surface area contributed by atoms with E-state index in [1.165, 1.54) is 0 Å². The van der Waals surface area contributed by atoms with Crippen LogP contribution in [-0.4, -0.2) is 25.5 Å². The van der Waals surface area contributed by atoms with Crippen molar-refractivity contribution >= 4 is 11.8 Å². The zero-order valence-electron chi connectivity index (χ0n) is 15.8. The van der Waals surface area contributed by atoms with E-state index in [1.54, 1.807) is 50.4 Å². The maximum absolute atomic E-state index is 12.8. The van der Waals surface area contributed by atoms with Gasteiger partial charge in [-0.1, -0.05) is 42.0 Å². The third-order valence-corrected chi connectivity index (χ3v) is 4.40. The summed E-state index contributed by atoms with van der Waals surface area (Å²) in [5, 5.41) is 9.59. The molecule has 0 N–H and O–H groups in total. The summed E-state index contributed by atoms with van der Waals surface area (Å²) >= 11 is 0. The Kier molecular flexibility index (Phi) is 7.13. The normalized spacial score (nSPS) is 12.5. The molecule has 0 amide bonds. The highest BCUT2D eigenvalue weighted by Gasteiger charge is 2.33. The molecule has 0 spiro atoms. The molecule has 140 valence electrons. The molecule has 2 aromatic rings. The minimum absolute atomic E-state index is 0.0342. The highest BCUT2D eigenvalue weighted by molar-refractivity contribution is 5.97. The third kappa shape index (κ3) is 5.18. The van der Waals surface area contributed by atoms with Gasteiger partial charge in [-0.3, -0.25) is 9.59 Å². The van der Waals surface area contributed by atoms with Crippen LogP contribution in [0.4, 0.5) is 0 Å². The first-order valence-electron chi connectivity index (χ1n) is 8.80. The number of carbonyl (C=O) groups is 2. The SMILES string of the molecule is CCOC(=O)C(C#N)C(CC(=O)c1ccc(C)cc1)c1ccc(OC)cc1. The molecule has 0 aliphatic carbocycles. The number of ether oxygens (including phenoxy) is 2. The molecular weight excluding hydrogens is 342 g/mol. The largest absolute Gasteiger partial charge is 0.497 e. The van der Waals surface area contributed by atoms with Crippen molar-refractivity contribution in [1.29, 1.82) is 5.26 Å². The van der Waals surface area contributed by atoms with Gasteiger partial charge in [0.2, 0.25) is 0 Å². The smallest absolute Gasteiger partial charge is 0.323 e. The average Bonchev–Trinajstić information content (AvgIpc) is 2.68. The Morgan fingerprint density at radius 1 is 1.07 bits per heavy atom. The minimum atomic E-state index is -1.06. The van der Waals surface area contributed by atoms with E-state index in [0.29, 0.717) is 11.3 Å². The summed E-state index contributed by atoms with van der Waals surface area (Å²) in [6.45, 7) is 3.81. The molecule has 2 unspecified atom stereocenters.